The second kappa shape index (κ2) is 7.27. The van der Waals surface area contributed by atoms with Crippen molar-refractivity contribution in [2.45, 2.75) is 33.1 Å². The van der Waals surface area contributed by atoms with Crippen LogP contribution in [-0.2, 0) is 17.6 Å². The number of nitrogens with one attached hydrogen (secondary N) is 1. The van der Waals surface area contributed by atoms with Crippen molar-refractivity contribution in [3.05, 3.63) is 45.8 Å². The molecule has 5 nitrogen and oxygen atoms in total. The molecule has 25 heavy (non-hydrogen) atoms. The van der Waals surface area contributed by atoms with Crippen molar-refractivity contribution >= 4 is 28.2 Å². The number of thiophene rings is 1. The number of fused-ring (bicyclic) bond motifs is 1. The number of amides is 2. The van der Waals surface area contributed by atoms with Gasteiger partial charge in [0.15, 0.2) is 6.61 Å². The van der Waals surface area contributed by atoms with Crippen molar-refractivity contribution in [1.29, 1.82) is 0 Å². The molecule has 1 unspecified atom stereocenters. The van der Waals surface area contributed by atoms with E-state index in [1.165, 1.54) is 11.3 Å². The molecular formula is C19H22N2O3S. The Labute approximate surface area is 151 Å². The van der Waals surface area contributed by atoms with E-state index < -0.39 is 5.91 Å². The Morgan fingerprint density at radius 3 is 2.72 bits per heavy atom. The molecule has 1 heterocycles. The zero-order valence-corrected chi connectivity index (χ0v) is 15.2. The standard InChI is InChI=1S/C19H22N2O3S/c1-11-3-6-13(7-4-11)24-10-16(22)21-19-17(18(20)23)14-8-5-12(2)9-15(14)25-19/h3-4,6-7,12H,5,8-10H2,1-2H3,(H2,20,23)(H,21,22). The molecule has 1 aliphatic rings. The number of carbonyl (C=O) groups is 2. The molecule has 0 fully saturated rings. The van der Waals surface area contributed by atoms with E-state index in [4.69, 9.17) is 10.5 Å². The first-order valence-corrected chi connectivity index (χ1v) is 9.19. The summed E-state index contributed by atoms with van der Waals surface area (Å²) < 4.78 is 5.49. The van der Waals surface area contributed by atoms with E-state index in [2.05, 4.69) is 12.2 Å². The molecule has 1 aromatic carbocycles. The summed E-state index contributed by atoms with van der Waals surface area (Å²) in [4.78, 5) is 25.3. The molecule has 2 aromatic rings. The van der Waals surface area contributed by atoms with Gasteiger partial charge in [0.2, 0.25) is 0 Å². The zero-order valence-electron chi connectivity index (χ0n) is 14.4. The molecule has 1 aromatic heterocycles. The molecule has 1 atom stereocenters. The minimum Gasteiger partial charge on any atom is -0.484 e. The van der Waals surface area contributed by atoms with Crippen molar-refractivity contribution < 1.29 is 14.3 Å². The first-order chi connectivity index (χ1) is 11.9. The Balaban J connectivity index is 1.70. The maximum absolute atomic E-state index is 12.2. The molecule has 3 N–H and O–H groups in total. The maximum Gasteiger partial charge on any atom is 0.262 e. The number of primary amides is 1. The average Bonchev–Trinajstić information content (AvgIpc) is 2.91. The van der Waals surface area contributed by atoms with E-state index in [1.807, 2.05) is 31.2 Å². The minimum atomic E-state index is -0.484. The number of rotatable bonds is 5. The van der Waals surface area contributed by atoms with Crippen LogP contribution in [-0.4, -0.2) is 18.4 Å². The number of nitrogens with two attached hydrogens (primary N) is 1. The number of hydrogen-bond acceptors (Lipinski definition) is 4. The van der Waals surface area contributed by atoms with Gasteiger partial charge in [-0.15, -0.1) is 11.3 Å². The Bertz CT molecular complexity index is 796. The van der Waals surface area contributed by atoms with Crippen LogP contribution in [0.2, 0.25) is 0 Å². The minimum absolute atomic E-state index is 0.111. The molecule has 0 radical (unpaired) electrons. The van der Waals surface area contributed by atoms with Gasteiger partial charge < -0.3 is 15.8 Å². The predicted molar refractivity (Wildman–Crippen MR) is 99.3 cm³/mol. The lowest BCUT2D eigenvalue weighted by atomic mass is 9.88. The second-order valence-corrected chi connectivity index (χ2v) is 7.68. The van der Waals surface area contributed by atoms with Crippen LogP contribution in [0.15, 0.2) is 24.3 Å². The Morgan fingerprint density at radius 2 is 2.04 bits per heavy atom. The van der Waals surface area contributed by atoms with E-state index in [9.17, 15) is 9.59 Å². The topological polar surface area (TPSA) is 81.4 Å². The Morgan fingerprint density at radius 1 is 1.32 bits per heavy atom. The maximum atomic E-state index is 12.2. The van der Waals surface area contributed by atoms with Gasteiger partial charge in [0.05, 0.1) is 5.56 Å². The predicted octanol–water partition coefficient (Wildman–Crippen LogP) is 3.30. The summed E-state index contributed by atoms with van der Waals surface area (Å²) in [5.41, 5.74) is 8.16. The van der Waals surface area contributed by atoms with Crippen molar-refractivity contribution in [1.82, 2.24) is 0 Å². The summed E-state index contributed by atoms with van der Waals surface area (Å²) in [6.07, 6.45) is 2.80. The summed E-state index contributed by atoms with van der Waals surface area (Å²) in [7, 11) is 0. The van der Waals surface area contributed by atoms with Crippen LogP contribution in [0.4, 0.5) is 5.00 Å². The molecule has 6 heteroatoms. The molecule has 0 aliphatic heterocycles. The highest BCUT2D eigenvalue weighted by Gasteiger charge is 2.27. The van der Waals surface area contributed by atoms with Crippen LogP contribution >= 0.6 is 11.3 Å². The van der Waals surface area contributed by atoms with Crippen LogP contribution in [0.1, 0.15) is 39.7 Å². The van der Waals surface area contributed by atoms with Gasteiger partial charge in [-0.3, -0.25) is 9.59 Å². The van der Waals surface area contributed by atoms with E-state index >= 15 is 0 Å². The number of ether oxygens (including phenoxy) is 1. The first-order valence-electron chi connectivity index (χ1n) is 8.37. The van der Waals surface area contributed by atoms with Gasteiger partial charge in [-0.1, -0.05) is 24.6 Å². The zero-order chi connectivity index (χ0) is 18.0. The average molecular weight is 358 g/mol. The van der Waals surface area contributed by atoms with Gasteiger partial charge in [0.25, 0.3) is 11.8 Å². The lowest BCUT2D eigenvalue weighted by Gasteiger charge is -2.18. The highest BCUT2D eigenvalue weighted by Crippen LogP contribution is 2.39. The fourth-order valence-corrected chi connectivity index (χ4v) is 4.48. The van der Waals surface area contributed by atoms with Gasteiger partial charge in [-0.2, -0.15) is 0 Å². The molecule has 0 spiro atoms. The molecule has 132 valence electrons. The van der Waals surface area contributed by atoms with Crippen molar-refractivity contribution in [3.63, 3.8) is 0 Å². The van der Waals surface area contributed by atoms with Gasteiger partial charge >= 0.3 is 0 Å². The Kier molecular flexibility index (Phi) is 5.08. The summed E-state index contributed by atoms with van der Waals surface area (Å²) in [5, 5.41) is 3.34. The molecule has 0 saturated carbocycles. The highest BCUT2D eigenvalue weighted by atomic mass is 32.1. The lowest BCUT2D eigenvalue weighted by Crippen LogP contribution is -2.22. The van der Waals surface area contributed by atoms with E-state index in [0.29, 0.717) is 22.2 Å². The molecule has 0 bridgehead atoms. The van der Waals surface area contributed by atoms with Crippen LogP contribution in [0.25, 0.3) is 0 Å². The summed E-state index contributed by atoms with van der Waals surface area (Å²) >= 11 is 1.46. The van der Waals surface area contributed by atoms with Crippen LogP contribution < -0.4 is 15.8 Å². The van der Waals surface area contributed by atoms with Crippen molar-refractivity contribution in [2.24, 2.45) is 11.7 Å². The normalized spacial score (nSPS) is 16.2. The quantitative estimate of drug-likeness (QED) is 0.860. The second-order valence-electron chi connectivity index (χ2n) is 6.57. The van der Waals surface area contributed by atoms with Gasteiger partial charge in [-0.05, 0) is 49.8 Å². The molecule has 2 amide bonds. The van der Waals surface area contributed by atoms with E-state index in [1.54, 1.807) is 0 Å². The summed E-state index contributed by atoms with van der Waals surface area (Å²) in [6.45, 7) is 4.07. The largest absolute Gasteiger partial charge is 0.484 e. The van der Waals surface area contributed by atoms with Crippen LogP contribution in [0, 0.1) is 12.8 Å². The number of benzene rings is 1. The lowest BCUT2D eigenvalue weighted by molar-refractivity contribution is -0.118. The van der Waals surface area contributed by atoms with Gasteiger partial charge in [0, 0.05) is 4.88 Å². The Hall–Kier alpha value is -2.34. The SMILES string of the molecule is Cc1ccc(OCC(=O)Nc2sc3c(c2C(N)=O)CCC(C)C3)cc1. The fourth-order valence-electron chi connectivity index (χ4n) is 3.05. The van der Waals surface area contributed by atoms with Crippen molar-refractivity contribution in [2.75, 3.05) is 11.9 Å². The van der Waals surface area contributed by atoms with Gasteiger partial charge in [0.1, 0.15) is 10.8 Å². The molecule has 3 rings (SSSR count). The smallest absolute Gasteiger partial charge is 0.262 e. The fraction of sp³-hybridized carbons (Fsp3) is 0.368. The van der Waals surface area contributed by atoms with Crippen LogP contribution in [0.5, 0.6) is 5.75 Å². The van der Waals surface area contributed by atoms with E-state index in [0.717, 1.165) is 35.3 Å². The summed E-state index contributed by atoms with van der Waals surface area (Å²) in [6, 6.07) is 7.49. The van der Waals surface area contributed by atoms with Crippen molar-refractivity contribution in [3.8, 4) is 5.75 Å². The number of aryl methyl sites for hydroxylation is 1. The first kappa shape index (κ1) is 17.5. The molecular weight excluding hydrogens is 336 g/mol. The summed E-state index contributed by atoms with van der Waals surface area (Å²) in [5.74, 6) is 0.437. The highest BCUT2D eigenvalue weighted by molar-refractivity contribution is 7.17. The number of hydrogen-bond donors (Lipinski definition) is 2. The number of anilines is 1. The van der Waals surface area contributed by atoms with Gasteiger partial charge in [-0.25, -0.2) is 0 Å². The van der Waals surface area contributed by atoms with E-state index in [-0.39, 0.29) is 12.5 Å². The molecule has 1 aliphatic carbocycles. The third kappa shape index (κ3) is 4.02. The third-order valence-electron chi connectivity index (χ3n) is 4.40. The molecule has 0 saturated heterocycles. The number of carbonyl (C=O) groups excluding carboxylic acids is 2. The van der Waals surface area contributed by atoms with Crippen LogP contribution in [0.3, 0.4) is 0 Å². The third-order valence-corrected chi connectivity index (χ3v) is 5.57. The monoisotopic (exact) mass is 358 g/mol.